The smallest absolute Gasteiger partial charge is 0.407 e. The molecule has 0 heterocycles. The number of halogens is 1. The van der Waals surface area contributed by atoms with Gasteiger partial charge in [0.25, 0.3) is 0 Å². The van der Waals surface area contributed by atoms with Gasteiger partial charge in [0.2, 0.25) is 0 Å². The minimum Gasteiger partial charge on any atom is -0.497 e. The first-order valence-corrected chi connectivity index (χ1v) is 10.9. The molecule has 3 aromatic rings. The average Bonchev–Trinajstić information content (AvgIpc) is 3.10. The molecular formula is C25H22BrNO5. The van der Waals surface area contributed by atoms with Gasteiger partial charge in [0, 0.05) is 10.4 Å². The summed E-state index contributed by atoms with van der Waals surface area (Å²) in [7, 11) is 1.55. The molecule has 0 fully saturated rings. The number of carboxylic acids is 1. The molecule has 1 aliphatic rings. The van der Waals surface area contributed by atoms with E-state index in [4.69, 9.17) is 9.47 Å². The van der Waals surface area contributed by atoms with Gasteiger partial charge in [-0.05, 0) is 39.9 Å². The van der Waals surface area contributed by atoms with Gasteiger partial charge in [0.05, 0.1) is 19.6 Å². The maximum absolute atomic E-state index is 12.7. The van der Waals surface area contributed by atoms with Crippen molar-refractivity contribution in [2.24, 2.45) is 0 Å². The number of benzene rings is 3. The van der Waals surface area contributed by atoms with Crippen molar-refractivity contribution in [1.82, 2.24) is 5.32 Å². The topological polar surface area (TPSA) is 84.9 Å². The SMILES string of the molecule is COc1ccc([C@@H](CC(=O)O)NC(=O)OCC2c3ccccc3-c3ccccc32)c(Br)c1. The number of ether oxygens (including phenoxy) is 2. The first-order valence-electron chi connectivity index (χ1n) is 10.1. The summed E-state index contributed by atoms with van der Waals surface area (Å²) in [5.74, 6) is -0.480. The molecule has 7 heteroatoms. The standard InChI is InChI=1S/C25H22BrNO5/c1-31-15-10-11-20(22(26)12-15)23(13-24(28)29)27-25(30)32-14-21-18-8-4-2-6-16(18)17-7-3-5-9-19(17)21/h2-12,21,23H,13-14H2,1H3,(H,27,30)(H,28,29)/t23-/m1/s1. The molecule has 4 rings (SSSR count). The van der Waals surface area contributed by atoms with Crippen LogP contribution in [0, 0.1) is 0 Å². The van der Waals surface area contributed by atoms with E-state index in [1.807, 2.05) is 36.4 Å². The highest BCUT2D eigenvalue weighted by atomic mass is 79.9. The Bertz CT molecular complexity index is 1120. The predicted molar refractivity (Wildman–Crippen MR) is 124 cm³/mol. The fourth-order valence-corrected chi connectivity index (χ4v) is 4.75. The van der Waals surface area contributed by atoms with Gasteiger partial charge in [-0.2, -0.15) is 0 Å². The number of amides is 1. The van der Waals surface area contributed by atoms with Crippen LogP contribution in [0.3, 0.4) is 0 Å². The van der Waals surface area contributed by atoms with Crippen LogP contribution in [0.5, 0.6) is 5.75 Å². The predicted octanol–water partition coefficient (Wildman–Crippen LogP) is 5.51. The lowest BCUT2D eigenvalue weighted by molar-refractivity contribution is -0.137. The Balaban J connectivity index is 1.49. The minimum atomic E-state index is -1.03. The number of aliphatic carboxylic acids is 1. The Kier molecular flexibility index (Phi) is 6.46. The van der Waals surface area contributed by atoms with Crippen molar-refractivity contribution in [3.8, 4) is 16.9 Å². The Morgan fingerprint density at radius 2 is 1.66 bits per heavy atom. The molecule has 0 unspecified atom stereocenters. The van der Waals surface area contributed by atoms with Crippen LogP contribution in [-0.4, -0.2) is 30.9 Å². The quantitative estimate of drug-likeness (QED) is 0.451. The highest BCUT2D eigenvalue weighted by molar-refractivity contribution is 9.10. The maximum atomic E-state index is 12.7. The van der Waals surface area contributed by atoms with Crippen LogP contribution in [0.15, 0.2) is 71.2 Å². The lowest BCUT2D eigenvalue weighted by Crippen LogP contribution is -2.32. The van der Waals surface area contributed by atoms with Crippen molar-refractivity contribution in [3.63, 3.8) is 0 Å². The normalized spacial score (nSPS) is 13.1. The third-order valence-corrected chi connectivity index (χ3v) is 6.28. The molecule has 1 amide bonds. The number of methoxy groups -OCH3 is 1. The van der Waals surface area contributed by atoms with E-state index in [2.05, 4.69) is 33.4 Å². The summed E-state index contributed by atoms with van der Waals surface area (Å²) in [5.41, 5.74) is 5.13. The van der Waals surface area contributed by atoms with Crippen molar-refractivity contribution in [3.05, 3.63) is 87.9 Å². The van der Waals surface area contributed by atoms with Gasteiger partial charge < -0.3 is 19.9 Å². The van der Waals surface area contributed by atoms with Gasteiger partial charge in [-0.3, -0.25) is 4.79 Å². The molecule has 6 nitrogen and oxygen atoms in total. The summed E-state index contributed by atoms with van der Waals surface area (Å²) in [5, 5.41) is 12.0. The van der Waals surface area contributed by atoms with Crippen LogP contribution in [-0.2, 0) is 9.53 Å². The zero-order valence-corrected chi connectivity index (χ0v) is 19.0. The maximum Gasteiger partial charge on any atom is 0.407 e. The largest absolute Gasteiger partial charge is 0.497 e. The molecular weight excluding hydrogens is 474 g/mol. The van der Waals surface area contributed by atoms with Gasteiger partial charge in [-0.1, -0.05) is 70.5 Å². The van der Waals surface area contributed by atoms with E-state index in [9.17, 15) is 14.7 Å². The molecule has 0 saturated heterocycles. The second kappa shape index (κ2) is 9.44. The van der Waals surface area contributed by atoms with Crippen LogP contribution in [0.2, 0.25) is 0 Å². The molecule has 1 aliphatic carbocycles. The van der Waals surface area contributed by atoms with Gasteiger partial charge >= 0.3 is 12.1 Å². The average molecular weight is 496 g/mol. The molecule has 3 aromatic carbocycles. The number of hydrogen-bond acceptors (Lipinski definition) is 4. The van der Waals surface area contributed by atoms with Crippen LogP contribution in [0.4, 0.5) is 4.79 Å². The van der Waals surface area contributed by atoms with Crippen LogP contribution < -0.4 is 10.1 Å². The monoisotopic (exact) mass is 495 g/mol. The van der Waals surface area contributed by atoms with Crippen molar-refractivity contribution >= 4 is 28.0 Å². The second-order valence-corrected chi connectivity index (χ2v) is 8.36. The summed E-state index contributed by atoms with van der Waals surface area (Å²) in [6.07, 6.45) is -0.949. The number of fused-ring (bicyclic) bond motifs is 3. The van der Waals surface area contributed by atoms with Crippen LogP contribution >= 0.6 is 15.9 Å². The number of alkyl carbamates (subject to hydrolysis) is 1. The zero-order valence-electron chi connectivity index (χ0n) is 17.4. The number of rotatable bonds is 7. The van der Waals surface area contributed by atoms with Crippen LogP contribution in [0.25, 0.3) is 11.1 Å². The molecule has 0 aliphatic heterocycles. The van der Waals surface area contributed by atoms with Gasteiger partial charge in [0.15, 0.2) is 0 Å². The van der Waals surface area contributed by atoms with Crippen molar-refractivity contribution in [1.29, 1.82) is 0 Å². The molecule has 1 atom stereocenters. The van der Waals surface area contributed by atoms with E-state index in [-0.39, 0.29) is 18.9 Å². The highest BCUT2D eigenvalue weighted by Gasteiger charge is 2.29. The minimum absolute atomic E-state index is 0.0706. The second-order valence-electron chi connectivity index (χ2n) is 7.51. The lowest BCUT2D eigenvalue weighted by Gasteiger charge is -2.20. The fourth-order valence-electron chi connectivity index (χ4n) is 4.11. The summed E-state index contributed by atoms with van der Waals surface area (Å²) in [4.78, 5) is 24.1. The summed E-state index contributed by atoms with van der Waals surface area (Å²) < 4.78 is 11.4. The molecule has 0 radical (unpaired) electrons. The third kappa shape index (κ3) is 4.48. The van der Waals surface area contributed by atoms with Crippen LogP contribution in [0.1, 0.15) is 35.1 Å². The van der Waals surface area contributed by atoms with Crippen molar-refractivity contribution in [2.75, 3.05) is 13.7 Å². The molecule has 0 bridgehead atoms. The number of carbonyl (C=O) groups is 2. The lowest BCUT2D eigenvalue weighted by atomic mass is 9.98. The molecule has 164 valence electrons. The van der Waals surface area contributed by atoms with Gasteiger partial charge in [0.1, 0.15) is 12.4 Å². The van der Waals surface area contributed by atoms with E-state index in [0.717, 1.165) is 22.3 Å². The highest BCUT2D eigenvalue weighted by Crippen LogP contribution is 2.44. The van der Waals surface area contributed by atoms with Crippen molar-refractivity contribution in [2.45, 2.75) is 18.4 Å². The fraction of sp³-hybridized carbons (Fsp3) is 0.200. The first-order chi connectivity index (χ1) is 15.5. The Morgan fingerprint density at radius 3 is 2.22 bits per heavy atom. The first kappa shape index (κ1) is 21.9. The van der Waals surface area contributed by atoms with E-state index >= 15 is 0 Å². The van der Waals surface area contributed by atoms with Gasteiger partial charge in [-0.25, -0.2) is 4.79 Å². The number of carboxylic acid groups (broad SMARTS) is 1. The van der Waals surface area contributed by atoms with Gasteiger partial charge in [-0.15, -0.1) is 0 Å². The number of nitrogens with one attached hydrogen (secondary N) is 1. The molecule has 0 saturated carbocycles. The molecule has 32 heavy (non-hydrogen) atoms. The van der Waals surface area contributed by atoms with E-state index in [0.29, 0.717) is 15.8 Å². The summed E-state index contributed by atoms with van der Waals surface area (Å²) >= 11 is 3.43. The molecule has 0 aromatic heterocycles. The number of carbonyl (C=O) groups excluding carboxylic acids is 1. The summed E-state index contributed by atoms with van der Waals surface area (Å²) in [6, 6.07) is 20.6. The number of hydrogen-bond donors (Lipinski definition) is 2. The Hall–Kier alpha value is -3.32. The van der Waals surface area contributed by atoms with E-state index in [1.165, 1.54) is 0 Å². The zero-order chi connectivity index (χ0) is 22.7. The third-order valence-electron chi connectivity index (χ3n) is 5.60. The van der Waals surface area contributed by atoms with Crippen molar-refractivity contribution < 1.29 is 24.2 Å². The Morgan fingerprint density at radius 1 is 1.03 bits per heavy atom. The molecule has 2 N–H and O–H groups in total. The summed E-state index contributed by atoms with van der Waals surface area (Å²) in [6.45, 7) is 0.156. The Labute approximate surface area is 194 Å². The molecule has 0 spiro atoms. The van der Waals surface area contributed by atoms with E-state index < -0.39 is 18.1 Å². The van der Waals surface area contributed by atoms with E-state index in [1.54, 1.807) is 25.3 Å².